The molecule has 3 fully saturated rings. The summed E-state index contributed by atoms with van der Waals surface area (Å²) >= 11 is 0. The molecule has 2 aliphatic heterocycles. The number of aliphatic carboxylic acids is 1. The minimum atomic E-state index is -5.08. The number of carbonyl (C=O) groups is 13. The minimum Gasteiger partial charge on any atom is -0.475 e. The maximum absolute atomic E-state index is 14.6. The van der Waals surface area contributed by atoms with Crippen LogP contribution in [0, 0.1) is 59.2 Å². The smallest absolute Gasteiger partial charge is 0.475 e. The van der Waals surface area contributed by atoms with Crippen LogP contribution in [0.1, 0.15) is 165 Å². The van der Waals surface area contributed by atoms with Crippen LogP contribution >= 0.6 is 0 Å². The average molecular weight is 1390 g/mol. The lowest BCUT2D eigenvalue weighted by molar-refractivity contribution is -0.192. The van der Waals surface area contributed by atoms with E-state index in [9.17, 15) is 80.9 Å². The van der Waals surface area contributed by atoms with Crippen LogP contribution in [0.4, 0.5) is 13.2 Å². The highest BCUT2D eigenvalue weighted by Crippen LogP contribution is 2.47. The average Bonchev–Trinajstić information content (AvgIpc) is 1.58. The number of ether oxygens (including phenoxy) is 2. The largest absolute Gasteiger partial charge is 0.490 e. The molecule has 4 rings (SSSR count). The number of aliphatic hydroxyl groups excluding tert-OH is 2. The zero-order chi connectivity index (χ0) is 73.9. The Morgan fingerprint density at radius 2 is 1.24 bits per heavy atom. The predicted molar refractivity (Wildman–Crippen MR) is 352 cm³/mol. The highest BCUT2D eigenvalue weighted by molar-refractivity contribution is 6.01. The molecular weight excluding hydrogens is 1290 g/mol. The van der Waals surface area contributed by atoms with Gasteiger partial charge in [0.15, 0.2) is 23.1 Å². The number of carboxylic acid groups (broad SMARTS) is 1. The van der Waals surface area contributed by atoms with Crippen LogP contribution in [0.5, 0.6) is 0 Å². The number of hydrogen-bond acceptors (Lipinski definition) is 18. The van der Waals surface area contributed by atoms with Crippen molar-refractivity contribution in [3.05, 3.63) is 35.9 Å². The molecule has 1 saturated carbocycles. The van der Waals surface area contributed by atoms with E-state index < -0.39 is 205 Å². The highest BCUT2D eigenvalue weighted by Gasteiger charge is 2.61. The number of carboxylic acids is 1. The van der Waals surface area contributed by atoms with Gasteiger partial charge in [0.1, 0.15) is 23.7 Å². The maximum Gasteiger partial charge on any atom is 0.490 e. The van der Waals surface area contributed by atoms with Gasteiger partial charge in [-0.15, -0.1) is 0 Å². The SMILES string of the molecule is CC[C@H](Cc1ccccc1)C(=O)N[C@H](C(=O)C[C@@H](CO)C(=O)N[C@H](CCC(N)=O)C(=O)C[C@@H](C(=O)N[C@H](C(=O)C[C@@H](CO)C(=O)N[C@H]1C(=O)C[C@@H](C)C(=O)N[C@@]2(C[C@H]2CCN2CCOCC2)C(=O)N[C@@H]([C@@H](C)CC)C(=O)O[C@H]1C)[C@@H](C)CC)[C@@H](C)CC)[C@@H](C)CC.O=C(O)C(F)(F)F. The summed E-state index contributed by atoms with van der Waals surface area (Å²) in [6.07, 6.45) is -5.74. The third kappa shape index (κ3) is 25.8. The molecule has 1 aromatic rings. The first-order valence-corrected chi connectivity index (χ1v) is 34.4. The molecule has 1 aromatic carbocycles. The zero-order valence-corrected chi connectivity index (χ0v) is 58.6. The number of nitrogens with one attached hydrogen (secondary N) is 6. The van der Waals surface area contributed by atoms with E-state index in [0.29, 0.717) is 71.1 Å². The summed E-state index contributed by atoms with van der Waals surface area (Å²) in [6.45, 7) is 20.5. The Labute approximate surface area is 572 Å². The molecule has 7 amide bonds. The van der Waals surface area contributed by atoms with Gasteiger partial charge in [-0.25, -0.2) is 9.59 Å². The molecule has 0 unspecified atom stereocenters. The Balaban J connectivity index is 0.00000337. The molecule has 0 bridgehead atoms. The fourth-order valence-electron chi connectivity index (χ4n) is 11.9. The van der Waals surface area contributed by atoms with Crippen LogP contribution in [-0.2, 0) is 78.2 Å². The van der Waals surface area contributed by atoms with E-state index >= 15 is 0 Å². The number of benzene rings is 1. The molecule has 17 atom stereocenters. The van der Waals surface area contributed by atoms with Gasteiger partial charge in [0.25, 0.3) is 0 Å². The number of esters is 1. The Morgan fingerprint density at radius 3 is 1.74 bits per heavy atom. The van der Waals surface area contributed by atoms with E-state index in [1.54, 1.807) is 41.5 Å². The molecule has 1 aliphatic carbocycles. The van der Waals surface area contributed by atoms with Gasteiger partial charge >= 0.3 is 18.1 Å². The Hall–Kier alpha value is -7.24. The second-order valence-corrected chi connectivity index (χ2v) is 26.8. The fourth-order valence-corrected chi connectivity index (χ4v) is 11.9. The summed E-state index contributed by atoms with van der Waals surface area (Å²) in [4.78, 5) is 179. The topological polar surface area (TPSA) is 402 Å². The van der Waals surface area contributed by atoms with E-state index in [1.165, 1.54) is 13.8 Å². The second kappa shape index (κ2) is 40.7. The molecule has 2 saturated heterocycles. The van der Waals surface area contributed by atoms with Crippen LogP contribution in [0.15, 0.2) is 30.3 Å². The first kappa shape index (κ1) is 85.0. The van der Waals surface area contributed by atoms with Crippen molar-refractivity contribution in [1.82, 2.24) is 36.8 Å². The number of ketones is 4. The maximum atomic E-state index is 14.6. The lowest BCUT2D eigenvalue weighted by Gasteiger charge is -2.31. The van der Waals surface area contributed by atoms with Gasteiger partial charge in [-0.3, -0.25) is 57.6 Å². The van der Waals surface area contributed by atoms with Crippen molar-refractivity contribution in [3.63, 3.8) is 0 Å². The number of nitrogens with two attached hydrogens (primary N) is 1. The summed E-state index contributed by atoms with van der Waals surface area (Å²) in [5.74, 6) is -18.7. The third-order valence-electron chi connectivity index (χ3n) is 19.6. The molecule has 11 N–H and O–H groups in total. The van der Waals surface area contributed by atoms with E-state index in [-0.39, 0.29) is 30.6 Å². The van der Waals surface area contributed by atoms with Crippen LogP contribution in [0.3, 0.4) is 0 Å². The lowest BCUT2D eigenvalue weighted by Crippen LogP contribution is -2.57. The van der Waals surface area contributed by atoms with Crippen molar-refractivity contribution in [3.8, 4) is 0 Å². The van der Waals surface area contributed by atoms with Crippen LogP contribution < -0.4 is 37.6 Å². The summed E-state index contributed by atoms with van der Waals surface area (Å²) < 4.78 is 43.1. The zero-order valence-electron chi connectivity index (χ0n) is 58.6. The molecule has 3 aliphatic rings. The first-order chi connectivity index (χ1) is 46.1. The molecule has 2 heterocycles. The van der Waals surface area contributed by atoms with E-state index in [4.69, 9.17) is 25.1 Å². The monoisotopic (exact) mass is 1390 g/mol. The predicted octanol–water partition coefficient (Wildman–Crippen LogP) is 3.61. The highest BCUT2D eigenvalue weighted by atomic mass is 19.4. The summed E-state index contributed by atoms with van der Waals surface area (Å²) in [5.41, 5.74) is 5.12. The van der Waals surface area contributed by atoms with Gasteiger partial charge in [0, 0.05) is 62.9 Å². The summed E-state index contributed by atoms with van der Waals surface area (Å²) in [6, 6.07) is 2.97. The van der Waals surface area contributed by atoms with E-state index in [1.807, 2.05) is 51.1 Å². The second-order valence-electron chi connectivity index (χ2n) is 26.8. The Kier molecular flexibility index (Phi) is 35.3. The van der Waals surface area contributed by atoms with E-state index in [2.05, 4.69) is 36.8 Å². The normalized spacial score (nSPS) is 23.4. The molecule has 0 radical (unpaired) electrons. The minimum absolute atomic E-state index is 0.259. The van der Waals surface area contributed by atoms with Crippen LogP contribution in [-0.4, -0.2) is 191 Å². The molecule has 29 heteroatoms. The quantitative estimate of drug-likeness (QED) is 0.0429. The number of morpholine rings is 1. The van der Waals surface area contributed by atoms with Crippen molar-refractivity contribution < 1.29 is 100 Å². The molecule has 552 valence electrons. The van der Waals surface area contributed by atoms with Gasteiger partial charge in [0.05, 0.1) is 56.4 Å². The number of cyclic esters (lactones) is 1. The number of hydrogen-bond donors (Lipinski definition) is 10. The van der Waals surface area contributed by atoms with E-state index in [0.717, 1.165) is 18.7 Å². The van der Waals surface area contributed by atoms with Crippen LogP contribution in [0.25, 0.3) is 0 Å². The standard InChI is InChI=1S/C67H106N8O16.C2HF3O2/c1-12-38(6)49(34-51(78)50(22-23-55(68)82)69-62(85)46(36-76)32-53(80)56(39(7)13-2)70-61(84)45(16-5)31-44-20-18-17-19-21-44)64(87)71-57(40(8)14-3)54(81)33-47(37-77)63(86)72-59-43(11)91-65(88)58(41(9)15-4)73-66(89)67(74-60(83)42(10)30-52(59)79)35-48(67)24-25-75-26-28-90-29-27-75;3-2(4,5)1(6)7/h17-21,38-43,45-50,56-59,76-77H,12-16,22-37H2,1-11H3,(H2,68,82)(H,69,85)(H,70,84)(H,71,87)(H,72,86)(H,73,89)(H,74,83);(H,6,7)/t38-,39-,40-,41-,42+,43-,45+,46-,47-,48+,49+,50+,56-,57-,58-,59+,67+;/m0./s1. The van der Waals surface area contributed by atoms with Crippen molar-refractivity contribution in [2.75, 3.05) is 46.1 Å². The number of rotatable bonds is 36. The number of Topliss-reactive ketones (excluding diaryl/α,β-unsaturated/α-hetero) is 4. The van der Waals surface area contributed by atoms with Crippen LogP contribution in [0.2, 0.25) is 0 Å². The molecular formula is C69H107F3N8O18. The number of carbonyl (C=O) groups excluding carboxylic acids is 12. The molecule has 1 spiro atoms. The summed E-state index contributed by atoms with van der Waals surface area (Å²) in [5, 5.41) is 45.0. The number of aliphatic hydroxyl groups is 2. The van der Waals surface area contributed by atoms with Gasteiger partial charge in [0.2, 0.25) is 41.4 Å². The first-order valence-electron chi connectivity index (χ1n) is 34.4. The number of nitrogens with zero attached hydrogens (tertiary/aromatic N) is 1. The molecule has 98 heavy (non-hydrogen) atoms. The fraction of sp³-hybridized carbons (Fsp3) is 0.725. The molecule has 0 aromatic heterocycles. The van der Waals surface area contributed by atoms with Crippen molar-refractivity contribution in [2.24, 2.45) is 64.9 Å². The number of halogens is 3. The van der Waals surface area contributed by atoms with Gasteiger partial charge in [-0.1, -0.05) is 125 Å². The Bertz CT molecular complexity index is 2880. The van der Waals surface area contributed by atoms with Gasteiger partial charge < -0.3 is 62.4 Å². The number of amides is 7. The third-order valence-corrected chi connectivity index (χ3v) is 19.6. The van der Waals surface area contributed by atoms with Crippen molar-refractivity contribution in [1.29, 1.82) is 0 Å². The van der Waals surface area contributed by atoms with Gasteiger partial charge in [-0.05, 0) is 80.7 Å². The van der Waals surface area contributed by atoms with Crippen molar-refractivity contribution in [2.45, 2.75) is 214 Å². The number of alkyl halides is 3. The van der Waals surface area contributed by atoms with Crippen molar-refractivity contribution >= 4 is 76.4 Å². The lowest BCUT2D eigenvalue weighted by atomic mass is 9.83. The number of primary amides is 1. The van der Waals surface area contributed by atoms with Gasteiger partial charge in [-0.2, -0.15) is 13.2 Å². The summed E-state index contributed by atoms with van der Waals surface area (Å²) in [7, 11) is 0. The molecule has 26 nitrogen and oxygen atoms in total. The Morgan fingerprint density at radius 1 is 0.714 bits per heavy atom.